The van der Waals surface area contributed by atoms with Gasteiger partial charge in [-0.25, -0.2) is 4.39 Å². The van der Waals surface area contributed by atoms with Crippen molar-refractivity contribution in [3.05, 3.63) is 58.9 Å². The number of nitrogens with one attached hydrogen (secondary N) is 2. The highest BCUT2D eigenvalue weighted by Crippen LogP contribution is 2.23. The van der Waals surface area contributed by atoms with E-state index < -0.39 is 11.9 Å². The fourth-order valence-corrected chi connectivity index (χ4v) is 4.01. The molecule has 1 unspecified atom stereocenters. The first-order chi connectivity index (χ1) is 15.7. The molecule has 1 heterocycles. The zero-order valence-corrected chi connectivity index (χ0v) is 19.6. The van der Waals surface area contributed by atoms with Crippen molar-refractivity contribution in [1.82, 2.24) is 10.2 Å². The van der Waals surface area contributed by atoms with Crippen LogP contribution in [0.3, 0.4) is 0 Å². The van der Waals surface area contributed by atoms with E-state index in [1.807, 2.05) is 41.8 Å². The molecule has 0 saturated carbocycles. The van der Waals surface area contributed by atoms with Crippen molar-refractivity contribution >= 4 is 29.0 Å². The molecule has 33 heavy (non-hydrogen) atoms. The van der Waals surface area contributed by atoms with E-state index in [4.69, 9.17) is 0 Å². The lowest BCUT2D eigenvalue weighted by atomic mass is 10.1. The fraction of sp³-hybridized carbons (Fsp3) is 0.400. The lowest BCUT2D eigenvalue weighted by Crippen LogP contribution is -2.54. The molecule has 7 nitrogen and oxygen atoms in total. The van der Waals surface area contributed by atoms with Gasteiger partial charge in [0.15, 0.2) is 5.78 Å². The molecule has 0 bridgehead atoms. The van der Waals surface area contributed by atoms with Crippen LogP contribution in [0.25, 0.3) is 0 Å². The van der Waals surface area contributed by atoms with E-state index in [1.165, 1.54) is 13.0 Å². The lowest BCUT2D eigenvalue weighted by Gasteiger charge is -2.38. The van der Waals surface area contributed by atoms with Crippen LogP contribution in [0, 0.1) is 19.7 Å². The van der Waals surface area contributed by atoms with Gasteiger partial charge in [0.1, 0.15) is 5.82 Å². The van der Waals surface area contributed by atoms with Crippen molar-refractivity contribution in [2.24, 2.45) is 0 Å². The summed E-state index contributed by atoms with van der Waals surface area (Å²) in [6.45, 7) is 9.23. The summed E-state index contributed by atoms with van der Waals surface area (Å²) in [4.78, 5) is 40.3. The second-order valence-electron chi connectivity index (χ2n) is 8.45. The van der Waals surface area contributed by atoms with Gasteiger partial charge in [0.05, 0.1) is 18.3 Å². The summed E-state index contributed by atoms with van der Waals surface area (Å²) in [7, 11) is 0. The van der Waals surface area contributed by atoms with E-state index in [0.29, 0.717) is 37.4 Å². The van der Waals surface area contributed by atoms with Gasteiger partial charge < -0.3 is 15.5 Å². The fourth-order valence-electron chi connectivity index (χ4n) is 4.01. The van der Waals surface area contributed by atoms with Crippen LogP contribution in [0.4, 0.5) is 15.8 Å². The number of carbonyl (C=O) groups is 3. The van der Waals surface area contributed by atoms with Crippen LogP contribution in [0.5, 0.6) is 0 Å². The number of piperazine rings is 1. The number of Topliss-reactive ketones (excluding diaryl/α,β-unsaturated/α-hetero) is 1. The third-order valence-electron chi connectivity index (χ3n) is 6.11. The molecule has 176 valence electrons. The minimum Gasteiger partial charge on any atom is -0.367 e. The molecule has 0 aliphatic carbocycles. The van der Waals surface area contributed by atoms with Gasteiger partial charge in [-0.2, -0.15) is 0 Å². The Morgan fingerprint density at radius 2 is 1.67 bits per heavy atom. The summed E-state index contributed by atoms with van der Waals surface area (Å²) in [5.41, 5.74) is 3.51. The Labute approximate surface area is 193 Å². The summed E-state index contributed by atoms with van der Waals surface area (Å²) in [6, 6.07) is 9.89. The van der Waals surface area contributed by atoms with Crippen LogP contribution < -0.4 is 15.5 Å². The number of benzene rings is 2. The Bertz CT molecular complexity index is 1030. The third-order valence-corrected chi connectivity index (χ3v) is 6.11. The van der Waals surface area contributed by atoms with Crippen molar-refractivity contribution in [2.45, 2.75) is 33.7 Å². The highest BCUT2D eigenvalue weighted by atomic mass is 19.1. The number of carbonyl (C=O) groups excluding carboxylic acids is 3. The zero-order valence-electron chi connectivity index (χ0n) is 19.6. The molecule has 1 saturated heterocycles. The van der Waals surface area contributed by atoms with Gasteiger partial charge in [-0.15, -0.1) is 0 Å². The van der Waals surface area contributed by atoms with Crippen molar-refractivity contribution in [3.8, 4) is 0 Å². The van der Waals surface area contributed by atoms with Crippen molar-refractivity contribution in [3.63, 3.8) is 0 Å². The molecule has 1 aliphatic heterocycles. The molecule has 3 rings (SSSR count). The Morgan fingerprint density at radius 3 is 2.24 bits per heavy atom. The van der Waals surface area contributed by atoms with Crippen LogP contribution >= 0.6 is 0 Å². The minimum absolute atomic E-state index is 0.107. The molecule has 1 aliphatic rings. The normalized spacial score (nSPS) is 15.1. The topological polar surface area (TPSA) is 81.8 Å². The Morgan fingerprint density at radius 1 is 1.03 bits per heavy atom. The van der Waals surface area contributed by atoms with Crippen molar-refractivity contribution in [2.75, 3.05) is 42.9 Å². The number of aryl methyl sites for hydroxylation is 2. The zero-order chi connectivity index (χ0) is 24.1. The van der Waals surface area contributed by atoms with Crippen molar-refractivity contribution in [1.29, 1.82) is 0 Å². The van der Waals surface area contributed by atoms with Crippen LogP contribution in [-0.4, -0.2) is 61.3 Å². The third kappa shape index (κ3) is 5.96. The maximum absolute atomic E-state index is 14.5. The largest absolute Gasteiger partial charge is 0.367 e. The van der Waals surface area contributed by atoms with Gasteiger partial charge in [-0.3, -0.25) is 19.3 Å². The molecule has 8 heteroatoms. The Hall–Kier alpha value is -3.26. The summed E-state index contributed by atoms with van der Waals surface area (Å²) < 4.78 is 14.5. The smallest absolute Gasteiger partial charge is 0.243 e. The Kier molecular flexibility index (Phi) is 7.81. The molecule has 0 radical (unpaired) electrons. The standard InChI is InChI=1S/C25H31FN4O3/c1-16-6-5-7-17(2)24(16)28-23(32)15-27-25(33)18(3)29-10-12-30(13-11-29)22-9-8-20(19(4)31)14-21(22)26/h5-9,14,18H,10-13,15H2,1-4H3,(H,27,33)(H,28,32). The SMILES string of the molecule is CC(=O)c1ccc(N2CCN(C(C)C(=O)NCC(=O)Nc3c(C)cccc3C)CC2)c(F)c1. The summed E-state index contributed by atoms with van der Waals surface area (Å²) in [5.74, 6) is -1.09. The maximum Gasteiger partial charge on any atom is 0.243 e. The second-order valence-corrected chi connectivity index (χ2v) is 8.45. The van der Waals surface area contributed by atoms with E-state index in [0.717, 1.165) is 16.8 Å². The van der Waals surface area contributed by atoms with Gasteiger partial charge in [0.25, 0.3) is 0 Å². The second kappa shape index (κ2) is 10.6. The number of rotatable bonds is 7. The van der Waals surface area contributed by atoms with Gasteiger partial charge in [0, 0.05) is 37.4 Å². The highest BCUT2D eigenvalue weighted by molar-refractivity contribution is 5.96. The molecule has 2 amide bonds. The summed E-state index contributed by atoms with van der Waals surface area (Å²) >= 11 is 0. The molecule has 1 fully saturated rings. The van der Waals surface area contributed by atoms with Gasteiger partial charge in [0.2, 0.25) is 11.8 Å². The van der Waals surface area contributed by atoms with Crippen LogP contribution in [0.2, 0.25) is 0 Å². The predicted octanol–water partition coefficient (Wildman–Crippen LogP) is 2.91. The van der Waals surface area contributed by atoms with Gasteiger partial charge in [-0.1, -0.05) is 18.2 Å². The van der Waals surface area contributed by atoms with Crippen LogP contribution in [-0.2, 0) is 9.59 Å². The number of halogens is 1. The summed E-state index contributed by atoms with van der Waals surface area (Å²) in [5, 5.41) is 5.57. The van der Waals surface area contributed by atoms with Crippen LogP contribution in [0.15, 0.2) is 36.4 Å². The Balaban J connectivity index is 1.49. The molecule has 1 atom stereocenters. The van der Waals surface area contributed by atoms with E-state index in [2.05, 4.69) is 10.6 Å². The summed E-state index contributed by atoms with van der Waals surface area (Å²) in [6.07, 6.45) is 0. The van der Waals surface area contributed by atoms with Crippen LogP contribution in [0.1, 0.15) is 35.3 Å². The van der Waals surface area contributed by atoms with E-state index >= 15 is 0 Å². The first kappa shape index (κ1) is 24.4. The molecule has 0 aromatic heterocycles. The average molecular weight is 455 g/mol. The number of hydrogen-bond acceptors (Lipinski definition) is 5. The van der Waals surface area contributed by atoms with Crippen molar-refractivity contribution < 1.29 is 18.8 Å². The molecule has 2 aromatic carbocycles. The highest BCUT2D eigenvalue weighted by Gasteiger charge is 2.27. The molecule has 2 N–H and O–H groups in total. The van der Waals surface area contributed by atoms with E-state index in [-0.39, 0.29) is 24.1 Å². The molecule has 2 aromatic rings. The minimum atomic E-state index is -0.420. The molecular weight excluding hydrogens is 423 g/mol. The number of anilines is 2. The maximum atomic E-state index is 14.5. The number of para-hydroxylation sites is 1. The lowest BCUT2D eigenvalue weighted by molar-refractivity contribution is -0.128. The average Bonchev–Trinajstić information content (AvgIpc) is 2.79. The molecule has 0 spiro atoms. The predicted molar refractivity (Wildman–Crippen MR) is 127 cm³/mol. The first-order valence-electron chi connectivity index (χ1n) is 11.1. The van der Waals surface area contributed by atoms with Gasteiger partial charge in [-0.05, 0) is 57.0 Å². The number of amides is 2. The number of nitrogens with zero attached hydrogens (tertiary/aromatic N) is 2. The first-order valence-corrected chi connectivity index (χ1v) is 11.1. The quantitative estimate of drug-likeness (QED) is 0.629. The number of hydrogen-bond donors (Lipinski definition) is 2. The van der Waals surface area contributed by atoms with E-state index in [9.17, 15) is 18.8 Å². The van der Waals surface area contributed by atoms with E-state index in [1.54, 1.807) is 19.1 Å². The number of ketones is 1. The van der Waals surface area contributed by atoms with Gasteiger partial charge >= 0.3 is 0 Å². The molecular formula is C25H31FN4O3. The monoisotopic (exact) mass is 454 g/mol.